The molecule has 0 amide bonds. The number of nitrogens with zero attached hydrogens (tertiary/aromatic N) is 1. The molecule has 19 heavy (non-hydrogen) atoms. The first kappa shape index (κ1) is 13.9. The zero-order valence-electron chi connectivity index (χ0n) is 10.8. The largest absolute Gasteiger partial charge is 0.497 e. The molecule has 0 atom stereocenters. The molecule has 1 aromatic rings. The van der Waals surface area contributed by atoms with E-state index in [1.54, 1.807) is 7.11 Å². The van der Waals surface area contributed by atoms with E-state index >= 15 is 0 Å². The van der Waals surface area contributed by atoms with E-state index in [1.165, 1.54) is 0 Å². The van der Waals surface area contributed by atoms with Crippen LogP contribution in [0.1, 0.15) is 0 Å². The number of alkyl halides is 2. The fraction of sp³-hybridized carbons (Fsp3) is 0.538. The maximum Gasteiger partial charge on any atom is 0.261 e. The van der Waals surface area contributed by atoms with Crippen LogP contribution < -0.4 is 14.4 Å². The fourth-order valence-electron chi connectivity index (χ4n) is 1.96. The summed E-state index contributed by atoms with van der Waals surface area (Å²) in [6.07, 6.45) is -2.42. The van der Waals surface area contributed by atoms with Crippen molar-refractivity contribution in [2.45, 2.75) is 6.43 Å². The summed E-state index contributed by atoms with van der Waals surface area (Å²) in [4.78, 5) is 2.05. The third kappa shape index (κ3) is 3.70. The molecule has 0 saturated carbocycles. The van der Waals surface area contributed by atoms with Crippen LogP contribution in [0.3, 0.4) is 0 Å². The third-order valence-corrected chi connectivity index (χ3v) is 2.87. The molecule has 0 N–H and O–H groups in total. The first-order valence-corrected chi connectivity index (χ1v) is 6.12. The third-order valence-electron chi connectivity index (χ3n) is 2.87. The Balaban J connectivity index is 1.96. The molecule has 0 unspecified atom stereocenters. The second-order valence-corrected chi connectivity index (χ2v) is 4.14. The molecule has 0 fully saturated rings. The van der Waals surface area contributed by atoms with Gasteiger partial charge >= 0.3 is 0 Å². The molecule has 0 saturated heterocycles. The van der Waals surface area contributed by atoms with Crippen molar-refractivity contribution >= 4 is 5.69 Å². The van der Waals surface area contributed by atoms with Crippen LogP contribution in [-0.2, 0) is 4.74 Å². The van der Waals surface area contributed by atoms with E-state index in [0.29, 0.717) is 19.7 Å². The summed E-state index contributed by atoms with van der Waals surface area (Å²) >= 11 is 0. The van der Waals surface area contributed by atoms with Crippen molar-refractivity contribution in [1.82, 2.24) is 0 Å². The van der Waals surface area contributed by atoms with Crippen LogP contribution >= 0.6 is 0 Å². The minimum Gasteiger partial charge on any atom is -0.497 e. The Morgan fingerprint density at radius 2 is 2.26 bits per heavy atom. The van der Waals surface area contributed by atoms with E-state index in [4.69, 9.17) is 14.2 Å². The number of halogens is 2. The summed E-state index contributed by atoms with van der Waals surface area (Å²) in [7, 11) is 1.60. The summed E-state index contributed by atoms with van der Waals surface area (Å²) in [6.45, 7) is 1.58. The van der Waals surface area contributed by atoms with Crippen molar-refractivity contribution in [3.63, 3.8) is 0 Å². The maximum atomic E-state index is 12.0. The number of hydrogen-bond donors (Lipinski definition) is 0. The quantitative estimate of drug-likeness (QED) is 0.743. The molecule has 0 aromatic heterocycles. The number of rotatable bonds is 6. The van der Waals surface area contributed by atoms with Crippen molar-refractivity contribution in [3.05, 3.63) is 18.2 Å². The van der Waals surface area contributed by atoms with Gasteiger partial charge in [0.1, 0.15) is 24.7 Å². The van der Waals surface area contributed by atoms with Crippen LogP contribution in [0.4, 0.5) is 14.5 Å². The van der Waals surface area contributed by atoms with Crippen molar-refractivity contribution in [2.24, 2.45) is 0 Å². The van der Waals surface area contributed by atoms with Crippen LogP contribution in [0.5, 0.6) is 11.5 Å². The lowest BCUT2D eigenvalue weighted by Gasteiger charge is -2.31. The highest BCUT2D eigenvalue weighted by Crippen LogP contribution is 2.34. The van der Waals surface area contributed by atoms with Gasteiger partial charge in [0.15, 0.2) is 0 Å². The number of benzene rings is 1. The number of fused-ring (bicyclic) bond motifs is 1. The van der Waals surface area contributed by atoms with E-state index in [-0.39, 0.29) is 6.61 Å². The van der Waals surface area contributed by atoms with Gasteiger partial charge in [0.05, 0.1) is 25.9 Å². The van der Waals surface area contributed by atoms with Crippen molar-refractivity contribution in [2.75, 3.05) is 44.9 Å². The van der Waals surface area contributed by atoms with Gasteiger partial charge in [-0.25, -0.2) is 8.78 Å². The van der Waals surface area contributed by atoms with E-state index in [2.05, 4.69) is 0 Å². The van der Waals surface area contributed by atoms with Gasteiger partial charge in [-0.2, -0.15) is 0 Å². The fourth-order valence-corrected chi connectivity index (χ4v) is 1.96. The van der Waals surface area contributed by atoms with Crippen LogP contribution in [0.15, 0.2) is 18.2 Å². The zero-order valence-corrected chi connectivity index (χ0v) is 10.8. The van der Waals surface area contributed by atoms with Gasteiger partial charge < -0.3 is 19.1 Å². The monoisotopic (exact) mass is 273 g/mol. The second kappa shape index (κ2) is 6.56. The first-order chi connectivity index (χ1) is 9.20. The Morgan fingerprint density at radius 3 is 3.00 bits per heavy atom. The molecule has 0 bridgehead atoms. The number of anilines is 1. The van der Waals surface area contributed by atoms with Gasteiger partial charge in [0.2, 0.25) is 0 Å². The molecule has 6 heteroatoms. The van der Waals surface area contributed by atoms with Gasteiger partial charge in [-0.1, -0.05) is 0 Å². The van der Waals surface area contributed by atoms with Crippen molar-refractivity contribution in [3.8, 4) is 11.5 Å². The van der Waals surface area contributed by atoms with Gasteiger partial charge in [-0.05, 0) is 12.1 Å². The minimum absolute atomic E-state index is 0.265. The smallest absolute Gasteiger partial charge is 0.261 e. The number of hydrogen-bond acceptors (Lipinski definition) is 4. The molecular weight excluding hydrogens is 256 g/mol. The molecule has 1 aliphatic heterocycles. The number of ether oxygens (including phenoxy) is 3. The molecular formula is C13H17F2NO3. The molecule has 106 valence electrons. The zero-order chi connectivity index (χ0) is 13.7. The van der Waals surface area contributed by atoms with Crippen LogP contribution in [0.25, 0.3) is 0 Å². The van der Waals surface area contributed by atoms with Crippen LogP contribution in [0, 0.1) is 0 Å². The standard InChI is InChI=1S/C13H17F2NO3/c1-17-10-2-3-12-11(8-10)16(5-7-19-12)4-6-18-9-13(14)15/h2-3,8,13H,4-7,9H2,1H3. The average Bonchev–Trinajstić information content (AvgIpc) is 2.43. The van der Waals surface area contributed by atoms with E-state index < -0.39 is 13.0 Å². The Morgan fingerprint density at radius 1 is 1.42 bits per heavy atom. The van der Waals surface area contributed by atoms with E-state index in [9.17, 15) is 8.78 Å². The van der Waals surface area contributed by atoms with Crippen LogP contribution in [0.2, 0.25) is 0 Å². The van der Waals surface area contributed by atoms with E-state index in [1.807, 2.05) is 23.1 Å². The second-order valence-electron chi connectivity index (χ2n) is 4.14. The predicted molar refractivity (Wildman–Crippen MR) is 67.5 cm³/mol. The molecule has 0 spiro atoms. The molecule has 4 nitrogen and oxygen atoms in total. The van der Waals surface area contributed by atoms with Gasteiger partial charge in [-0.15, -0.1) is 0 Å². The minimum atomic E-state index is -2.42. The Bertz CT molecular complexity index is 415. The lowest BCUT2D eigenvalue weighted by Crippen LogP contribution is -2.35. The van der Waals surface area contributed by atoms with Gasteiger partial charge in [0, 0.05) is 12.6 Å². The maximum absolute atomic E-state index is 12.0. The highest BCUT2D eigenvalue weighted by Gasteiger charge is 2.18. The predicted octanol–water partition coefficient (Wildman–Crippen LogP) is 2.18. The topological polar surface area (TPSA) is 30.9 Å². The molecule has 1 aromatic carbocycles. The summed E-state index contributed by atoms with van der Waals surface area (Å²) in [6, 6.07) is 5.55. The summed E-state index contributed by atoms with van der Waals surface area (Å²) in [5, 5.41) is 0. The Hall–Kier alpha value is -1.56. The normalized spacial score (nSPS) is 14.2. The lowest BCUT2D eigenvalue weighted by molar-refractivity contribution is 0.0199. The Kier molecular flexibility index (Phi) is 4.79. The molecule has 1 aliphatic rings. The summed E-state index contributed by atoms with van der Waals surface area (Å²) in [5.41, 5.74) is 0.909. The highest BCUT2D eigenvalue weighted by molar-refractivity contribution is 5.62. The van der Waals surface area contributed by atoms with Crippen molar-refractivity contribution < 1.29 is 23.0 Å². The first-order valence-electron chi connectivity index (χ1n) is 6.12. The summed E-state index contributed by atoms with van der Waals surface area (Å²) in [5.74, 6) is 1.52. The highest BCUT2D eigenvalue weighted by atomic mass is 19.3. The molecule has 1 heterocycles. The Labute approximate surface area is 110 Å². The summed E-state index contributed by atoms with van der Waals surface area (Å²) < 4.78 is 39.5. The average molecular weight is 273 g/mol. The lowest BCUT2D eigenvalue weighted by atomic mass is 10.2. The van der Waals surface area contributed by atoms with Gasteiger partial charge in [0.25, 0.3) is 6.43 Å². The number of methoxy groups -OCH3 is 1. The van der Waals surface area contributed by atoms with Gasteiger partial charge in [-0.3, -0.25) is 0 Å². The molecule has 0 radical (unpaired) electrons. The van der Waals surface area contributed by atoms with E-state index in [0.717, 1.165) is 17.2 Å². The molecule has 2 rings (SSSR count). The van der Waals surface area contributed by atoms with Crippen molar-refractivity contribution in [1.29, 1.82) is 0 Å². The van der Waals surface area contributed by atoms with Crippen LogP contribution in [-0.4, -0.2) is 46.4 Å². The SMILES string of the molecule is COc1ccc2c(c1)N(CCOCC(F)F)CCO2. The molecule has 0 aliphatic carbocycles.